The first kappa shape index (κ1) is 13.5. The molecule has 0 radical (unpaired) electrons. The van der Waals surface area contributed by atoms with Crippen LogP contribution < -0.4 is 5.32 Å². The molecule has 0 aromatic carbocycles. The zero-order valence-corrected chi connectivity index (χ0v) is 11.5. The molecule has 5 heteroatoms. The van der Waals surface area contributed by atoms with Gasteiger partial charge in [-0.25, -0.2) is 0 Å². The largest absolute Gasteiger partial charge is 0.381 e. The molecular weight excluding hydrogens is 230 g/mol. The van der Waals surface area contributed by atoms with Crippen LogP contribution in [0, 0.1) is 5.92 Å². The van der Waals surface area contributed by atoms with Crippen molar-refractivity contribution in [1.29, 1.82) is 0 Å². The lowest BCUT2D eigenvalue weighted by atomic mass is 10.0. The third-order valence-electron chi connectivity index (χ3n) is 3.58. The number of aromatic nitrogens is 2. The maximum atomic E-state index is 5.45. The van der Waals surface area contributed by atoms with E-state index in [1.54, 1.807) is 0 Å². The molecule has 0 spiro atoms. The summed E-state index contributed by atoms with van der Waals surface area (Å²) in [6.45, 7) is 5.95. The highest BCUT2D eigenvalue weighted by molar-refractivity contribution is 4.98. The molecule has 18 heavy (non-hydrogen) atoms. The lowest BCUT2D eigenvalue weighted by Gasteiger charge is -2.18. The van der Waals surface area contributed by atoms with E-state index in [2.05, 4.69) is 29.3 Å². The second-order valence-corrected chi connectivity index (χ2v) is 5.30. The van der Waals surface area contributed by atoms with E-state index in [0.717, 1.165) is 44.2 Å². The molecule has 0 saturated carbocycles. The third kappa shape index (κ3) is 3.29. The van der Waals surface area contributed by atoms with E-state index in [9.17, 15) is 0 Å². The Morgan fingerprint density at radius 1 is 1.44 bits per heavy atom. The standard InChI is InChI=1S/C13H23N3O2/c1-9(2)11(14-3)7-12-15-13(16-18-12)10-5-4-6-17-8-10/h9-11,14H,4-8H2,1-3H3. The summed E-state index contributed by atoms with van der Waals surface area (Å²) in [5.74, 6) is 2.39. The number of hydrogen-bond acceptors (Lipinski definition) is 5. The Morgan fingerprint density at radius 3 is 2.89 bits per heavy atom. The SMILES string of the molecule is CNC(Cc1nc(C2CCCOC2)no1)C(C)C. The summed E-state index contributed by atoms with van der Waals surface area (Å²) in [5.41, 5.74) is 0. The number of hydrogen-bond donors (Lipinski definition) is 1. The van der Waals surface area contributed by atoms with Crippen LogP contribution in [0.3, 0.4) is 0 Å². The monoisotopic (exact) mass is 253 g/mol. The van der Waals surface area contributed by atoms with Gasteiger partial charge in [-0.3, -0.25) is 0 Å². The van der Waals surface area contributed by atoms with E-state index in [0.29, 0.717) is 17.9 Å². The van der Waals surface area contributed by atoms with E-state index in [4.69, 9.17) is 9.26 Å². The number of likely N-dealkylation sites (N-methyl/N-ethyl adjacent to an activating group) is 1. The van der Waals surface area contributed by atoms with Crippen molar-refractivity contribution in [2.75, 3.05) is 20.3 Å². The highest BCUT2D eigenvalue weighted by atomic mass is 16.5. The van der Waals surface area contributed by atoms with Gasteiger partial charge < -0.3 is 14.6 Å². The zero-order valence-electron chi connectivity index (χ0n) is 11.5. The molecule has 102 valence electrons. The highest BCUT2D eigenvalue weighted by Crippen LogP contribution is 2.23. The highest BCUT2D eigenvalue weighted by Gasteiger charge is 2.23. The summed E-state index contributed by atoms with van der Waals surface area (Å²) in [6, 6.07) is 0.376. The van der Waals surface area contributed by atoms with Gasteiger partial charge in [0, 0.05) is 25.0 Å². The van der Waals surface area contributed by atoms with Crippen LogP contribution in [0.1, 0.15) is 44.3 Å². The average molecular weight is 253 g/mol. The first-order chi connectivity index (χ1) is 8.70. The molecule has 2 rings (SSSR count). The van der Waals surface area contributed by atoms with E-state index in [1.807, 2.05) is 7.05 Å². The van der Waals surface area contributed by atoms with Crippen LogP contribution >= 0.6 is 0 Å². The van der Waals surface area contributed by atoms with E-state index in [1.165, 1.54) is 0 Å². The van der Waals surface area contributed by atoms with Gasteiger partial charge in [0.15, 0.2) is 5.82 Å². The van der Waals surface area contributed by atoms with Crippen molar-refractivity contribution < 1.29 is 9.26 Å². The normalized spacial score (nSPS) is 22.3. The predicted molar refractivity (Wildman–Crippen MR) is 68.5 cm³/mol. The van der Waals surface area contributed by atoms with Crippen LogP contribution in [0.15, 0.2) is 4.52 Å². The minimum absolute atomic E-state index is 0.309. The smallest absolute Gasteiger partial charge is 0.228 e. The average Bonchev–Trinajstić information content (AvgIpc) is 2.85. The summed E-state index contributed by atoms with van der Waals surface area (Å²) in [6.07, 6.45) is 2.97. The van der Waals surface area contributed by atoms with Crippen molar-refractivity contribution in [2.45, 2.75) is 45.1 Å². The van der Waals surface area contributed by atoms with E-state index in [-0.39, 0.29) is 0 Å². The first-order valence-electron chi connectivity index (χ1n) is 6.78. The first-order valence-corrected chi connectivity index (χ1v) is 6.78. The molecule has 2 atom stereocenters. The molecular formula is C13H23N3O2. The number of nitrogens with one attached hydrogen (secondary N) is 1. The van der Waals surface area contributed by atoms with Crippen LogP contribution in [0.5, 0.6) is 0 Å². The van der Waals surface area contributed by atoms with Crippen molar-refractivity contribution in [3.8, 4) is 0 Å². The van der Waals surface area contributed by atoms with Gasteiger partial charge >= 0.3 is 0 Å². The van der Waals surface area contributed by atoms with Gasteiger partial charge in [0.1, 0.15) is 0 Å². The van der Waals surface area contributed by atoms with Crippen molar-refractivity contribution in [1.82, 2.24) is 15.5 Å². The van der Waals surface area contributed by atoms with Crippen LogP contribution in [-0.4, -0.2) is 36.4 Å². The van der Waals surface area contributed by atoms with Crippen LogP contribution in [0.4, 0.5) is 0 Å². The summed E-state index contributed by atoms with van der Waals surface area (Å²) in [4.78, 5) is 4.51. The summed E-state index contributed by atoms with van der Waals surface area (Å²) in [7, 11) is 1.97. The fourth-order valence-electron chi connectivity index (χ4n) is 2.32. The molecule has 1 N–H and O–H groups in total. The zero-order chi connectivity index (χ0) is 13.0. The van der Waals surface area contributed by atoms with Crippen LogP contribution in [0.25, 0.3) is 0 Å². The maximum absolute atomic E-state index is 5.45. The topological polar surface area (TPSA) is 60.2 Å². The Hall–Kier alpha value is -0.940. The molecule has 1 aliphatic rings. The second-order valence-electron chi connectivity index (χ2n) is 5.30. The summed E-state index contributed by atoms with van der Waals surface area (Å²) in [5, 5.41) is 7.38. The summed E-state index contributed by atoms with van der Waals surface area (Å²) < 4.78 is 10.8. The van der Waals surface area contributed by atoms with Gasteiger partial charge in [0.05, 0.1) is 6.61 Å². The second kappa shape index (κ2) is 6.29. The Kier molecular flexibility index (Phi) is 4.72. The van der Waals surface area contributed by atoms with Crippen molar-refractivity contribution in [2.24, 2.45) is 5.92 Å². The van der Waals surface area contributed by atoms with Crippen LogP contribution in [-0.2, 0) is 11.2 Å². The third-order valence-corrected chi connectivity index (χ3v) is 3.58. The maximum Gasteiger partial charge on any atom is 0.228 e. The molecule has 1 saturated heterocycles. The number of rotatable bonds is 5. The predicted octanol–water partition coefficient (Wildman–Crippen LogP) is 1.75. The fraction of sp³-hybridized carbons (Fsp3) is 0.846. The molecule has 0 amide bonds. The minimum atomic E-state index is 0.309. The molecule has 0 aliphatic carbocycles. The molecule has 1 aliphatic heterocycles. The molecule has 0 bridgehead atoms. The van der Waals surface area contributed by atoms with Crippen molar-refractivity contribution in [3.63, 3.8) is 0 Å². The Morgan fingerprint density at radius 2 is 2.28 bits per heavy atom. The van der Waals surface area contributed by atoms with Gasteiger partial charge in [0.2, 0.25) is 5.89 Å². The lowest BCUT2D eigenvalue weighted by molar-refractivity contribution is 0.0773. The van der Waals surface area contributed by atoms with Gasteiger partial charge in [-0.2, -0.15) is 4.98 Å². The Bertz CT molecular complexity index is 359. The van der Waals surface area contributed by atoms with Crippen LogP contribution in [0.2, 0.25) is 0 Å². The molecule has 2 unspecified atom stereocenters. The molecule has 1 aromatic rings. The van der Waals surface area contributed by atoms with E-state index >= 15 is 0 Å². The quantitative estimate of drug-likeness (QED) is 0.866. The van der Waals surface area contributed by atoms with Gasteiger partial charge in [-0.1, -0.05) is 19.0 Å². The Balaban J connectivity index is 1.96. The molecule has 1 aromatic heterocycles. The lowest BCUT2D eigenvalue weighted by Crippen LogP contribution is -2.32. The van der Waals surface area contributed by atoms with Gasteiger partial charge in [-0.05, 0) is 25.8 Å². The van der Waals surface area contributed by atoms with Gasteiger partial charge in [0.25, 0.3) is 0 Å². The summed E-state index contributed by atoms with van der Waals surface area (Å²) >= 11 is 0. The van der Waals surface area contributed by atoms with Crippen molar-refractivity contribution >= 4 is 0 Å². The molecule has 2 heterocycles. The molecule has 5 nitrogen and oxygen atoms in total. The number of ether oxygens (including phenoxy) is 1. The van der Waals surface area contributed by atoms with Crippen molar-refractivity contribution in [3.05, 3.63) is 11.7 Å². The Labute approximate surface area is 108 Å². The van der Waals surface area contributed by atoms with Gasteiger partial charge in [-0.15, -0.1) is 0 Å². The fourth-order valence-corrected chi connectivity index (χ4v) is 2.32. The molecule has 1 fully saturated rings. The number of nitrogens with zero attached hydrogens (tertiary/aromatic N) is 2. The van der Waals surface area contributed by atoms with E-state index < -0.39 is 0 Å². The minimum Gasteiger partial charge on any atom is -0.381 e.